The molecule has 1 atom stereocenters. The Bertz CT molecular complexity index is 171. The van der Waals surface area contributed by atoms with E-state index in [1.165, 1.54) is 7.11 Å². The lowest BCUT2D eigenvalue weighted by Crippen LogP contribution is -1.73. The number of rotatable bonds is 2. The Balaban J connectivity index is 2.04. The smallest absolute Gasteiger partial charge is 0.106 e. The Hall–Kier alpha value is -0.970. The highest BCUT2D eigenvalue weighted by Gasteiger charge is 2.17. The summed E-state index contributed by atoms with van der Waals surface area (Å²) >= 11 is 0. The van der Waals surface area contributed by atoms with Crippen LogP contribution >= 0.6 is 0 Å². The van der Waals surface area contributed by atoms with E-state index in [1.807, 2.05) is 0 Å². The van der Waals surface area contributed by atoms with Crippen LogP contribution in [0.2, 0.25) is 0 Å². The quantitative estimate of drug-likeness (QED) is 0.318. The molecule has 10 heavy (non-hydrogen) atoms. The lowest BCUT2D eigenvalue weighted by atomic mass is 10.4. The van der Waals surface area contributed by atoms with Gasteiger partial charge >= 0.3 is 0 Å². The molecule has 1 rings (SSSR count). The van der Waals surface area contributed by atoms with E-state index in [2.05, 4.69) is 28.3 Å². The normalized spacial score (nSPS) is 16.5. The van der Waals surface area contributed by atoms with E-state index in [0.717, 1.165) is 6.42 Å². The molecule has 1 unspecified atom stereocenters. The topological polar surface area (TPSA) is 21.6 Å². The fraction of sp³-hybridized carbons (Fsp3) is 0.500. The second kappa shape index (κ2) is 3.94. The number of hydrogen-bond donors (Lipinski definition) is 0. The lowest BCUT2D eigenvalue weighted by molar-refractivity contribution is 0.215. The first-order chi connectivity index (χ1) is 4.93. The average molecular weight is 136 g/mol. The first kappa shape index (κ1) is 7.14. The van der Waals surface area contributed by atoms with Crippen molar-refractivity contribution in [2.45, 2.75) is 12.8 Å². The van der Waals surface area contributed by atoms with Crippen LogP contribution < -0.4 is 0 Å². The van der Waals surface area contributed by atoms with E-state index in [0.29, 0.717) is 12.3 Å². The van der Waals surface area contributed by atoms with Gasteiger partial charge in [0.1, 0.15) is 7.11 Å². The lowest BCUT2D eigenvalue weighted by Gasteiger charge is -1.80. The van der Waals surface area contributed by atoms with Crippen molar-refractivity contribution in [3.05, 3.63) is 6.42 Å². The molecule has 1 aliphatic rings. The Kier molecular flexibility index (Phi) is 2.82. The molecule has 2 nitrogen and oxygen atoms in total. The van der Waals surface area contributed by atoms with Crippen molar-refractivity contribution in [1.29, 1.82) is 0 Å². The fourth-order valence-corrected chi connectivity index (χ4v) is 0.533. The van der Waals surface area contributed by atoms with E-state index >= 15 is 0 Å². The zero-order valence-electron chi connectivity index (χ0n) is 6.00. The van der Waals surface area contributed by atoms with Gasteiger partial charge in [-0.3, -0.25) is 0 Å². The molecule has 0 heterocycles. The Labute approximate surface area is 61.3 Å². The summed E-state index contributed by atoms with van der Waals surface area (Å²) in [6, 6.07) is 0. The first-order valence-corrected chi connectivity index (χ1v) is 3.30. The number of oxime groups is 1. The monoisotopic (exact) mass is 136 g/mol. The summed E-state index contributed by atoms with van der Waals surface area (Å²) in [6.07, 6.45) is 5.70. The van der Waals surface area contributed by atoms with Gasteiger partial charge in [-0.05, 0) is 12.8 Å². The van der Waals surface area contributed by atoms with Crippen molar-refractivity contribution in [1.82, 2.24) is 0 Å². The minimum absolute atomic E-state index is 0.566. The van der Waals surface area contributed by atoms with Gasteiger partial charge < -0.3 is 4.84 Å². The molecule has 1 saturated carbocycles. The molecular weight excluding hydrogens is 126 g/mol. The molecular formula is C8H10NO. The Morgan fingerprint density at radius 1 is 1.90 bits per heavy atom. The molecule has 0 amide bonds. The van der Waals surface area contributed by atoms with Crippen LogP contribution in [0.3, 0.4) is 0 Å². The van der Waals surface area contributed by atoms with Gasteiger partial charge in [-0.25, -0.2) is 0 Å². The van der Waals surface area contributed by atoms with Crippen LogP contribution in [0.5, 0.6) is 0 Å². The van der Waals surface area contributed by atoms with E-state index in [9.17, 15) is 0 Å². The summed E-state index contributed by atoms with van der Waals surface area (Å²) in [6.45, 7) is 0. The molecule has 0 aromatic rings. The highest BCUT2D eigenvalue weighted by Crippen LogP contribution is 2.25. The molecule has 0 saturated heterocycles. The summed E-state index contributed by atoms with van der Waals surface area (Å²) in [5.74, 6) is 6.60. The second-order valence-corrected chi connectivity index (χ2v) is 2.07. The van der Waals surface area contributed by atoms with E-state index in [1.54, 1.807) is 6.21 Å². The highest BCUT2D eigenvalue weighted by molar-refractivity contribution is 5.60. The van der Waals surface area contributed by atoms with Gasteiger partial charge in [0.2, 0.25) is 0 Å². The third-order valence-corrected chi connectivity index (χ3v) is 1.13. The van der Waals surface area contributed by atoms with Crippen LogP contribution in [0.25, 0.3) is 0 Å². The molecule has 0 spiro atoms. The summed E-state index contributed by atoms with van der Waals surface area (Å²) < 4.78 is 0. The van der Waals surface area contributed by atoms with Crippen molar-refractivity contribution in [2.75, 3.05) is 7.11 Å². The van der Waals surface area contributed by atoms with Crippen molar-refractivity contribution in [2.24, 2.45) is 11.1 Å². The Morgan fingerprint density at radius 2 is 2.70 bits per heavy atom. The average Bonchev–Trinajstić information content (AvgIpc) is 2.71. The largest absolute Gasteiger partial charge is 0.399 e. The van der Waals surface area contributed by atoms with Crippen LogP contribution in [-0.2, 0) is 4.84 Å². The van der Waals surface area contributed by atoms with Gasteiger partial charge in [-0.2, -0.15) is 0 Å². The van der Waals surface area contributed by atoms with Crippen molar-refractivity contribution in [3.8, 4) is 11.8 Å². The van der Waals surface area contributed by atoms with Gasteiger partial charge in [-0.1, -0.05) is 17.0 Å². The zero-order valence-corrected chi connectivity index (χ0v) is 6.00. The van der Waals surface area contributed by atoms with E-state index in [4.69, 9.17) is 0 Å². The van der Waals surface area contributed by atoms with Gasteiger partial charge in [0.15, 0.2) is 0 Å². The van der Waals surface area contributed by atoms with Crippen LogP contribution in [-0.4, -0.2) is 13.3 Å². The molecule has 0 aromatic carbocycles. The molecule has 0 bridgehead atoms. The molecule has 0 aliphatic heterocycles. The second-order valence-electron chi connectivity index (χ2n) is 2.07. The Morgan fingerprint density at radius 3 is 3.30 bits per heavy atom. The standard InChI is InChI=1S/C8H10NO/c1-10-9-7-3-2-4-8-5-6-8/h5,7-8H,3,6H2,1H3. The number of nitrogens with zero attached hydrogens (tertiary/aromatic N) is 1. The molecule has 53 valence electrons. The van der Waals surface area contributed by atoms with E-state index in [-0.39, 0.29) is 0 Å². The molecule has 1 radical (unpaired) electrons. The van der Waals surface area contributed by atoms with Gasteiger partial charge in [0, 0.05) is 12.3 Å². The SMILES string of the molecule is CON=CCC#CC1[CH]C1. The third kappa shape index (κ3) is 3.13. The van der Waals surface area contributed by atoms with E-state index < -0.39 is 0 Å². The maximum Gasteiger partial charge on any atom is 0.106 e. The van der Waals surface area contributed by atoms with Crippen LogP contribution in [0, 0.1) is 24.2 Å². The molecule has 0 N–H and O–H groups in total. The van der Waals surface area contributed by atoms with Gasteiger partial charge in [0.05, 0.1) is 6.21 Å². The van der Waals surface area contributed by atoms with Gasteiger partial charge in [-0.15, -0.1) is 0 Å². The minimum Gasteiger partial charge on any atom is -0.399 e. The molecule has 0 aromatic heterocycles. The highest BCUT2D eigenvalue weighted by atomic mass is 16.6. The summed E-state index contributed by atoms with van der Waals surface area (Å²) in [7, 11) is 1.53. The summed E-state index contributed by atoms with van der Waals surface area (Å²) in [5, 5.41) is 3.55. The molecule has 1 fully saturated rings. The maximum atomic E-state index is 4.46. The predicted molar refractivity (Wildman–Crippen MR) is 40.3 cm³/mol. The number of hydrogen-bond acceptors (Lipinski definition) is 2. The minimum atomic E-state index is 0.566. The van der Waals surface area contributed by atoms with Gasteiger partial charge in [0.25, 0.3) is 0 Å². The molecule has 1 aliphatic carbocycles. The third-order valence-electron chi connectivity index (χ3n) is 1.13. The van der Waals surface area contributed by atoms with Crippen molar-refractivity contribution >= 4 is 6.21 Å². The van der Waals surface area contributed by atoms with Crippen molar-refractivity contribution < 1.29 is 4.84 Å². The summed E-state index contributed by atoms with van der Waals surface area (Å²) in [5.41, 5.74) is 0. The van der Waals surface area contributed by atoms with Crippen LogP contribution in [0.1, 0.15) is 12.8 Å². The van der Waals surface area contributed by atoms with Crippen LogP contribution in [0.15, 0.2) is 5.16 Å². The van der Waals surface area contributed by atoms with Crippen LogP contribution in [0.4, 0.5) is 0 Å². The zero-order chi connectivity index (χ0) is 7.23. The van der Waals surface area contributed by atoms with Crippen molar-refractivity contribution in [3.63, 3.8) is 0 Å². The first-order valence-electron chi connectivity index (χ1n) is 3.30. The molecule has 2 heteroatoms. The maximum absolute atomic E-state index is 4.46. The summed E-state index contributed by atoms with van der Waals surface area (Å²) in [4.78, 5) is 4.46. The fourth-order valence-electron chi connectivity index (χ4n) is 0.533. The predicted octanol–water partition coefficient (Wildman–Crippen LogP) is 1.24.